The Labute approximate surface area is 203 Å². The number of carbonyl (C=O) groups excluding carboxylic acids is 1. The highest BCUT2D eigenvalue weighted by molar-refractivity contribution is 7.99. The number of ketones is 1. The Morgan fingerprint density at radius 2 is 1.68 bits per heavy atom. The number of methoxy groups -OCH3 is 3. The van der Waals surface area contributed by atoms with Crippen molar-refractivity contribution in [3.63, 3.8) is 0 Å². The van der Waals surface area contributed by atoms with Crippen molar-refractivity contribution < 1.29 is 19.0 Å². The van der Waals surface area contributed by atoms with E-state index in [-0.39, 0.29) is 22.0 Å². The maximum atomic E-state index is 13.5. The van der Waals surface area contributed by atoms with Crippen LogP contribution in [0.2, 0.25) is 0 Å². The van der Waals surface area contributed by atoms with Crippen LogP contribution in [0.5, 0.6) is 17.2 Å². The molecule has 4 rings (SSSR count). The standard InChI is InChI=1S/C25H31N3O5S/c1-12(2)34-24-27-22-21(23(30)28-24)19(20-14(26-22)10-25(3,4)11-15(20)29)13-8-17(32-6)18(33-7)9-16(13)31-5/h8-9,12,19H,10-11H2,1-7H3,(H2,26,27,28,30). The molecule has 1 aromatic heterocycles. The molecule has 1 aliphatic heterocycles. The van der Waals surface area contributed by atoms with Gasteiger partial charge in [0.05, 0.1) is 32.8 Å². The first-order valence-electron chi connectivity index (χ1n) is 11.2. The number of allylic oxidation sites excluding steroid dienone is 2. The highest BCUT2D eigenvalue weighted by Gasteiger charge is 2.43. The van der Waals surface area contributed by atoms with Gasteiger partial charge in [0.25, 0.3) is 5.56 Å². The number of carbonyl (C=O) groups is 1. The van der Waals surface area contributed by atoms with Gasteiger partial charge in [-0.05, 0) is 17.9 Å². The topological polar surface area (TPSA) is 103 Å². The predicted molar refractivity (Wildman–Crippen MR) is 132 cm³/mol. The lowest BCUT2D eigenvalue weighted by atomic mass is 9.69. The third kappa shape index (κ3) is 4.29. The molecule has 1 unspecified atom stereocenters. The van der Waals surface area contributed by atoms with E-state index < -0.39 is 5.92 Å². The summed E-state index contributed by atoms with van der Waals surface area (Å²) in [7, 11) is 4.65. The van der Waals surface area contributed by atoms with Gasteiger partial charge >= 0.3 is 0 Å². The fraction of sp³-hybridized carbons (Fsp3) is 0.480. The molecule has 0 saturated heterocycles. The summed E-state index contributed by atoms with van der Waals surface area (Å²) >= 11 is 1.48. The Morgan fingerprint density at radius 1 is 1.03 bits per heavy atom. The number of ether oxygens (including phenoxy) is 3. The lowest BCUT2D eigenvalue weighted by Gasteiger charge is -2.39. The largest absolute Gasteiger partial charge is 0.496 e. The first kappa shape index (κ1) is 24.2. The van der Waals surface area contributed by atoms with Crippen LogP contribution in [0.1, 0.15) is 57.6 Å². The minimum atomic E-state index is -0.654. The van der Waals surface area contributed by atoms with Crippen LogP contribution in [0, 0.1) is 5.41 Å². The summed E-state index contributed by atoms with van der Waals surface area (Å²) in [6.07, 6.45) is 1.06. The minimum absolute atomic E-state index is 0.00581. The highest BCUT2D eigenvalue weighted by Crippen LogP contribution is 2.51. The maximum absolute atomic E-state index is 13.5. The number of Topliss-reactive ketones (excluding diaryl/α,β-unsaturated/α-hetero) is 1. The summed E-state index contributed by atoms with van der Waals surface area (Å²) < 4.78 is 16.7. The van der Waals surface area contributed by atoms with Crippen LogP contribution in [0.15, 0.2) is 33.4 Å². The second-order valence-electron chi connectivity index (χ2n) is 9.64. The molecule has 0 saturated carbocycles. The normalized spacial score (nSPS) is 18.8. The Morgan fingerprint density at radius 3 is 2.29 bits per heavy atom. The number of thioether (sulfide) groups is 1. The van der Waals surface area contributed by atoms with Crippen LogP contribution in [0.3, 0.4) is 0 Å². The number of nitrogens with one attached hydrogen (secondary N) is 2. The molecule has 2 aliphatic rings. The molecule has 0 fully saturated rings. The van der Waals surface area contributed by atoms with E-state index in [9.17, 15) is 9.59 Å². The zero-order valence-electron chi connectivity index (χ0n) is 20.6. The molecule has 34 heavy (non-hydrogen) atoms. The van der Waals surface area contributed by atoms with Crippen molar-refractivity contribution in [3.8, 4) is 17.2 Å². The van der Waals surface area contributed by atoms with Gasteiger partial charge in [-0.25, -0.2) is 4.98 Å². The molecule has 1 aliphatic carbocycles. The number of nitrogens with zero attached hydrogens (tertiary/aromatic N) is 1. The molecule has 0 amide bonds. The van der Waals surface area contributed by atoms with Crippen LogP contribution < -0.4 is 25.1 Å². The van der Waals surface area contributed by atoms with Crippen LogP contribution in [0.4, 0.5) is 5.82 Å². The molecule has 0 spiro atoms. The molecule has 1 aromatic carbocycles. The Bertz CT molecular complexity index is 1230. The summed E-state index contributed by atoms with van der Waals surface area (Å²) in [6, 6.07) is 3.50. The SMILES string of the molecule is COc1cc(OC)c(C2C3=C(CC(C)(C)CC3=O)Nc3nc(SC(C)C)[nH]c(=O)c32)cc1OC. The smallest absolute Gasteiger partial charge is 0.257 e. The van der Waals surface area contributed by atoms with Gasteiger partial charge in [0.1, 0.15) is 11.6 Å². The fourth-order valence-corrected chi connectivity index (χ4v) is 5.50. The zero-order chi connectivity index (χ0) is 24.8. The third-order valence-corrected chi connectivity index (χ3v) is 6.98. The Kier molecular flexibility index (Phi) is 6.42. The molecular weight excluding hydrogens is 454 g/mol. The number of fused-ring (bicyclic) bond motifs is 1. The predicted octanol–water partition coefficient (Wildman–Crippen LogP) is 4.50. The maximum Gasteiger partial charge on any atom is 0.257 e. The summed E-state index contributed by atoms with van der Waals surface area (Å²) in [6.45, 7) is 8.22. The number of aromatic nitrogens is 2. The van der Waals surface area contributed by atoms with Crippen LogP contribution in [0.25, 0.3) is 0 Å². The van der Waals surface area contributed by atoms with Crippen molar-refractivity contribution >= 4 is 23.4 Å². The molecule has 2 N–H and O–H groups in total. The van der Waals surface area contributed by atoms with Gasteiger partial charge < -0.3 is 24.5 Å². The van der Waals surface area contributed by atoms with Crippen molar-refractivity contribution in [2.75, 3.05) is 26.6 Å². The quantitative estimate of drug-likeness (QED) is 0.456. The molecule has 2 heterocycles. The summed E-state index contributed by atoms with van der Waals surface area (Å²) in [4.78, 5) is 34.6. The molecule has 182 valence electrons. The van der Waals surface area contributed by atoms with Crippen molar-refractivity contribution in [2.24, 2.45) is 5.41 Å². The van der Waals surface area contributed by atoms with Gasteiger partial charge in [-0.15, -0.1) is 0 Å². The van der Waals surface area contributed by atoms with Gasteiger partial charge in [0.2, 0.25) is 0 Å². The number of benzene rings is 1. The first-order valence-corrected chi connectivity index (χ1v) is 12.1. The number of H-pyrrole nitrogens is 1. The lowest BCUT2D eigenvalue weighted by molar-refractivity contribution is -0.118. The lowest BCUT2D eigenvalue weighted by Crippen LogP contribution is -2.37. The van der Waals surface area contributed by atoms with E-state index >= 15 is 0 Å². The summed E-state index contributed by atoms with van der Waals surface area (Å²) in [5, 5.41) is 4.13. The van der Waals surface area contributed by atoms with Crippen LogP contribution in [-0.4, -0.2) is 42.3 Å². The average Bonchev–Trinajstić information content (AvgIpc) is 2.75. The molecule has 8 nitrogen and oxygen atoms in total. The Hall–Kier alpha value is -2.94. The summed E-state index contributed by atoms with van der Waals surface area (Å²) in [5.74, 6) is 1.31. The molecule has 2 aromatic rings. The van der Waals surface area contributed by atoms with Gasteiger partial charge in [0.15, 0.2) is 22.4 Å². The highest BCUT2D eigenvalue weighted by atomic mass is 32.2. The molecule has 0 radical (unpaired) electrons. The molecule has 1 atom stereocenters. The number of hydrogen-bond donors (Lipinski definition) is 2. The number of rotatable bonds is 6. The number of hydrogen-bond acceptors (Lipinski definition) is 8. The van der Waals surface area contributed by atoms with Crippen LogP contribution in [-0.2, 0) is 4.79 Å². The minimum Gasteiger partial charge on any atom is -0.496 e. The van der Waals surface area contributed by atoms with E-state index in [1.165, 1.54) is 11.8 Å². The van der Waals surface area contributed by atoms with E-state index in [4.69, 9.17) is 19.2 Å². The van der Waals surface area contributed by atoms with Crippen molar-refractivity contribution in [3.05, 3.63) is 44.9 Å². The van der Waals surface area contributed by atoms with E-state index in [0.29, 0.717) is 57.8 Å². The Balaban J connectivity index is 2.01. The van der Waals surface area contributed by atoms with Crippen LogP contribution >= 0.6 is 11.8 Å². The van der Waals surface area contributed by atoms with E-state index in [1.54, 1.807) is 33.5 Å². The first-order chi connectivity index (χ1) is 16.1. The van der Waals surface area contributed by atoms with E-state index in [0.717, 1.165) is 5.70 Å². The number of aromatic amines is 1. The van der Waals surface area contributed by atoms with Gasteiger partial charge in [-0.1, -0.05) is 39.5 Å². The summed E-state index contributed by atoms with van der Waals surface area (Å²) in [5.41, 5.74) is 1.93. The third-order valence-electron chi connectivity index (χ3n) is 6.09. The molecular formula is C25H31N3O5S. The van der Waals surface area contributed by atoms with Crippen molar-refractivity contribution in [1.82, 2.24) is 9.97 Å². The molecule has 9 heteroatoms. The fourth-order valence-electron chi connectivity index (χ4n) is 4.76. The van der Waals surface area contributed by atoms with Crippen molar-refractivity contribution in [2.45, 2.75) is 56.9 Å². The van der Waals surface area contributed by atoms with Gasteiger partial charge in [0, 0.05) is 34.6 Å². The second kappa shape index (κ2) is 9.02. The van der Waals surface area contributed by atoms with E-state index in [1.807, 2.05) is 13.8 Å². The second-order valence-corrected chi connectivity index (χ2v) is 11.2. The number of anilines is 1. The zero-order valence-corrected chi connectivity index (χ0v) is 21.4. The van der Waals surface area contributed by atoms with Gasteiger partial charge in [-0.3, -0.25) is 9.59 Å². The monoisotopic (exact) mass is 485 g/mol. The van der Waals surface area contributed by atoms with E-state index in [2.05, 4.69) is 24.1 Å². The van der Waals surface area contributed by atoms with Crippen molar-refractivity contribution in [1.29, 1.82) is 0 Å². The van der Waals surface area contributed by atoms with Gasteiger partial charge in [-0.2, -0.15) is 0 Å². The molecule has 0 bridgehead atoms. The average molecular weight is 486 g/mol.